The van der Waals surface area contributed by atoms with E-state index in [1.54, 1.807) is 0 Å². The number of aromatic nitrogens is 4. The van der Waals surface area contributed by atoms with Gasteiger partial charge >= 0.3 is 6.09 Å². The first kappa shape index (κ1) is 22.2. The number of carbonyl (C=O) groups is 1. The summed E-state index contributed by atoms with van der Waals surface area (Å²) >= 11 is 2.80. The van der Waals surface area contributed by atoms with E-state index in [0.717, 1.165) is 0 Å². The van der Waals surface area contributed by atoms with Gasteiger partial charge in [-0.05, 0) is 13.8 Å². The lowest BCUT2D eigenvalue weighted by Gasteiger charge is -2.10. The number of imidazole rings is 2. The van der Waals surface area contributed by atoms with Gasteiger partial charge < -0.3 is 14.9 Å². The van der Waals surface area contributed by atoms with Gasteiger partial charge in [0, 0.05) is 10.8 Å². The second kappa shape index (κ2) is 8.70. The molecule has 0 saturated heterocycles. The summed E-state index contributed by atoms with van der Waals surface area (Å²) in [5.41, 5.74) is 6.65. The van der Waals surface area contributed by atoms with E-state index in [2.05, 4.69) is 25.2 Å². The van der Waals surface area contributed by atoms with Crippen LogP contribution in [0.25, 0.3) is 9.92 Å². The molecular weight excluding hydrogens is 452 g/mol. The molecule has 0 atom stereocenters. The minimum Gasteiger partial charge on any atom is -0.452 e. The quantitative estimate of drug-likeness (QED) is 0.303. The van der Waals surface area contributed by atoms with Crippen molar-refractivity contribution in [1.82, 2.24) is 24.2 Å². The van der Waals surface area contributed by atoms with Crippen molar-refractivity contribution in [3.63, 3.8) is 0 Å². The van der Waals surface area contributed by atoms with Crippen LogP contribution < -0.4 is 5.43 Å². The molecule has 10 nitrogen and oxygen atoms in total. The van der Waals surface area contributed by atoms with Gasteiger partial charge in [0.25, 0.3) is 0 Å². The Labute approximate surface area is 184 Å². The molecule has 4 rings (SSSR count). The summed E-state index contributed by atoms with van der Waals surface area (Å²) in [5, 5.41) is 27.5. The second-order valence-corrected chi connectivity index (χ2v) is 7.83. The van der Waals surface area contributed by atoms with E-state index >= 15 is 0 Å². The lowest BCUT2D eigenvalue weighted by Crippen LogP contribution is -2.23. The fraction of sp³-hybridized carbons (Fsp3) is 0.294. The molecule has 3 N–H and O–H groups in total. The van der Waals surface area contributed by atoms with Crippen LogP contribution in [0.4, 0.5) is 4.79 Å². The highest BCUT2D eigenvalue weighted by molar-refractivity contribution is 7.15. The van der Waals surface area contributed by atoms with Gasteiger partial charge in [0.05, 0.1) is 54.5 Å². The van der Waals surface area contributed by atoms with Crippen LogP contribution in [0.5, 0.6) is 0 Å². The van der Waals surface area contributed by atoms with Gasteiger partial charge in [-0.3, -0.25) is 8.80 Å². The maximum absolute atomic E-state index is 11.7. The van der Waals surface area contributed by atoms with E-state index in [-0.39, 0.29) is 25.6 Å². The number of ether oxygens (including phenoxy) is 1. The Morgan fingerprint density at radius 3 is 1.93 bits per heavy atom. The molecular formula is C17H19ClN6O4S2. The Hall–Kier alpha value is -2.51. The molecule has 0 aliphatic heterocycles. The first-order valence-corrected chi connectivity index (χ1v) is 10.3. The number of carbonyl (C=O) groups excluding carboxylic acids is 1. The topological polar surface area (TPSA) is 126 Å². The molecule has 13 heteroatoms. The summed E-state index contributed by atoms with van der Waals surface area (Å²) in [4.78, 5) is 22.3. The number of hydrogen-bond donors (Lipinski definition) is 3. The minimum atomic E-state index is -0.722. The summed E-state index contributed by atoms with van der Waals surface area (Å²) in [5.74, 6) is 0. The molecule has 0 bridgehead atoms. The van der Waals surface area contributed by atoms with E-state index in [9.17, 15) is 15.0 Å². The fourth-order valence-electron chi connectivity index (χ4n) is 3.18. The van der Waals surface area contributed by atoms with Crippen LogP contribution in [0, 0.1) is 13.8 Å². The van der Waals surface area contributed by atoms with Crippen LogP contribution in [0.15, 0.2) is 15.9 Å². The Kier molecular flexibility index (Phi) is 6.43. The lowest BCUT2D eigenvalue weighted by molar-refractivity contribution is 0.171. The average molecular weight is 471 g/mol. The smallest absolute Gasteiger partial charge is 0.427 e. The van der Waals surface area contributed by atoms with Crippen molar-refractivity contribution >= 4 is 56.8 Å². The number of aryl methyl sites for hydroxylation is 2. The summed E-state index contributed by atoms with van der Waals surface area (Å²) in [6.07, 6.45) is -0.722. The molecule has 0 aromatic carbocycles. The molecule has 0 aliphatic rings. The molecule has 4 aromatic rings. The zero-order chi connectivity index (χ0) is 20.7. The fourth-order valence-corrected chi connectivity index (χ4v) is 5.03. The van der Waals surface area contributed by atoms with Gasteiger partial charge in [-0.15, -0.1) is 35.1 Å². The molecule has 1 amide bonds. The summed E-state index contributed by atoms with van der Waals surface area (Å²) in [6, 6.07) is 0. The highest BCUT2D eigenvalue weighted by Gasteiger charge is 2.26. The van der Waals surface area contributed by atoms with E-state index in [0.29, 0.717) is 49.8 Å². The largest absolute Gasteiger partial charge is 0.452 e. The van der Waals surface area contributed by atoms with Gasteiger partial charge in [-0.1, -0.05) is 0 Å². The van der Waals surface area contributed by atoms with Crippen molar-refractivity contribution in [2.75, 3.05) is 7.11 Å². The van der Waals surface area contributed by atoms with E-state index in [1.807, 2.05) is 33.4 Å². The number of methoxy groups -OCH3 is 1. The van der Waals surface area contributed by atoms with Crippen LogP contribution >= 0.6 is 35.1 Å². The third-order valence-corrected chi connectivity index (χ3v) is 6.18. The molecule has 0 spiro atoms. The van der Waals surface area contributed by atoms with Gasteiger partial charge in [-0.2, -0.15) is 5.10 Å². The lowest BCUT2D eigenvalue weighted by atomic mass is 10.1. The molecule has 0 aliphatic carbocycles. The van der Waals surface area contributed by atoms with Gasteiger partial charge in [0.2, 0.25) is 0 Å². The molecule has 0 radical (unpaired) electrons. The number of thiazole rings is 2. The number of halogens is 1. The van der Waals surface area contributed by atoms with Crippen LogP contribution in [0.1, 0.15) is 34.2 Å². The number of nitrogens with one attached hydrogen (secondary N) is 1. The van der Waals surface area contributed by atoms with Crippen LogP contribution in [-0.2, 0) is 18.0 Å². The molecule has 4 heterocycles. The maximum atomic E-state index is 11.7. The Morgan fingerprint density at radius 2 is 1.53 bits per heavy atom. The van der Waals surface area contributed by atoms with E-state index in [1.165, 1.54) is 29.8 Å². The third-order valence-electron chi connectivity index (χ3n) is 4.43. The van der Waals surface area contributed by atoms with Gasteiger partial charge in [-0.25, -0.2) is 20.2 Å². The van der Waals surface area contributed by atoms with E-state index < -0.39 is 6.09 Å². The maximum Gasteiger partial charge on any atom is 0.427 e. The molecule has 4 aromatic heterocycles. The molecule has 0 saturated carbocycles. The second-order valence-electron chi connectivity index (χ2n) is 6.16. The number of aliphatic hydroxyl groups is 2. The first-order valence-electron chi connectivity index (χ1n) is 8.55. The van der Waals surface area contributed by atoms with Crippen molar-refractivity contribution in [3.05, 3.63) is 44.9 Å². The Balaban J connectivity index is 0.00000256. The first-order chi connectivity index (χ1) is 14.0. The standard InChI is InChI=1S/C17H18N6O4S2.ClH/c1-8-13(22-10(4-24)6-28-15(22)18-8)12(20-21-17(26)27-3)14-9(2)19-16-23(14)11(5-25)7-29-16;/h6-7,24-25H,4-5H2,1-3H3,(H,21,26);1H. The van der Waals surface area contributed by atoms with Crippen molar-refractivity contribution in [2.24, 2.45) is 5.10 Å². The normalized spacial score (nSPS) is 11.0. The number of fused-ring (bicyclic) bond motifs is 2. The Morgan fingerprint density at radius 1 is 1.07 bits per heavy atom. The minimum absolute atomic E-state index is 0. The number of aliphatic hydroxyl groups excluding tert-OH is 2. The third kappa shape index (κ3) is 3.46. The highest BCUT2D eigenvalue weighted by atomic mass is 35.5. The highest BCUT2D eigenvalue weighted by Crippen LogP contribution is 2.28. The number of rotatable bonds is 5. The summed E-state index contributed by atoms with van der Waals surface area (Å²) < 4.78 is 8.27. The van der Waals surface area contributed by atoms with Crippen molar-refractivity contribution in [3.8, 4) is 0 Å². The number of hydrogen-bond acceptors (Lipinski definition) is 9. The van der Waals surface area contributed by atoms with Crippen LogP contribution in [0.3, 0.4) is 0 Å². The molecule has 0 unspecified atom stereocenters. The van der Waals surface area contributed by atoms with Crippen LogP contribution in [0.2, 0.25) is 0 Å². The molecule has 30 heavy (non-hydrogen) atoms. The van der Waals surface area contributed by atoms with Crippen molar-refractivity contribution < 1.29 is 19.7 Å². The monoisotopic (exact) mass is 470 g/mol. The predicted octanol–water partition coefficient (Wildman–Crippen LogP) is 2.24. The SMILES string of the molecule is COC(=O)NN=C(c1c(C)nc2scc(CO)n12)c1c(C)nc2scc(CO)n12.Cl. The number of nitrogens with zero attached hydrogens (tertiary/aromatic N) is 5. The van der Waals surface area contributed by atoms with Crippen molar-refractivity contribution in [2.45, 2.75) is 27.1 Å². The van der Waals surface area contributed by atoms with E-state index in [4.69, 9.17) is 0 Å². The molecule has 0 fully saturated rings. The molecule has 160 valence electrons. The zero-order valence-corrected chi connectivity index (χ0v) is 18.7. The zero-order valence-electron chi connectivity index (χ0n) is 16.2. The number of hydrazone groups is 1. The average Bonchev–Trinajstić information content (AvgIpc) is 3.43. The van der Waals surface area contributed by atoms with Crippen molar-refractivity contribution in [1.29, 1.82) is 0 Å². The predicted molar refractivity (Wildman–Crippen MR) is 116 cm³/mol. The van der Waals surface area contributed by atoms with Gasteiger partial charge in [0.1, 0.15) is 5.71 Å². The number of amides is 1. The summed E-state index contributed by atoms with van der Waals surface area (Å²) in [7, 11) is 1.25. The van der Waals surface area contributed by atoms with Crippen LogP contribution in [-0.4, -0.2) is 47.9 Å². The summed E-state index contributed by atoms with van der Waals surface area (Å²) in [6.45, 7) is 3.30. The van der Waals surface area contributed by atoms with Gasteiger partial charge in [0.15, 0.2) is 9.92 Å². The Bertz CT molecular complexity index is 1170.